The normalized spacial score (nSPS) is 17.8. The van der Waals surface area contributed by atoms with Crippen LogP contribution in [0.25, 0.3) is 0 Å². The highest BCUT2D eigenvalue weighted by atomic mass is 16.5. The number of amides is 2. The third-order valence-electron chi connectivity index (χ3n) is 3.25. The average Bonchev–Trinajstić information content (AvgIpc) is 3.07. The number of hydrogen-bond acceptors (Lipinski definition) is 6. The molecule has 0 radical (unpaired) electrons. The molecule has 0 saturated carbocycles. The molecule has 1 aromatic heterocycles. The summed E-state index contributed by atoms with van der Waals surface area (Å²) in [6, 6.07) is -0.113. The van der Waals surface area contributed by atoms with E-state index in [1.807, 2.05) is 0 Å². The van der Waals surface area contributed by atoms with Crippen molar-refractivity contribution >= 4 is 17.8 Å². The standard InChI is InChI=1S/C12H19N5O4/c1-2-21-12(20)13-10-6-16(15-14-10)7-11(19)17-5-3-4-9(17)8-18/h6,9,18H,2-5,7-8H2,1H3,(H,13,20). The number of hydrogen-bond donors (Lipinski definition) is 2. The highest BCUT2D eigenvalue weighted by Crippen LogP contribution is 2.17. The summed E-state index contributed by atoms with van der Waals surface area (Å²) in [7, 11) is 0. The van der Waals surface area contributed by atoms with Gasteiger partial charge in [-0.3, -0.25) is 10.1 Å². The van der Waals surface area contributed by atoms with Crippen LogP contribution in [0.1, 0.15) is 19.8 Å². The zero-order valence-corrected chi connectivity index (χ0v) is 11.9. The van der Waals surface area contributed by atoms with Crippen molar-refractivity contribution in [3.05, 3.63) is 6.20 Å². The van der Waals surface area contributed by atoms with Gasteiger partial charge in [-0.05, 0) is 19.8 Å². The van der Waals surface area contributed by atoms with Gasteiger partial charge >= 0.3 is 6.09 Å². The minimum Gasteiger partial charge on any atom is -0.450 e. The van der Waals surface area contributed by atoms with E-state index in [1.54, 1.807) is 11.8 Å². The van der Waals surface area contributed by atoms with Crippen molar-refractivity contribution in [3.8, 4) is 0 Å². The summed E-state index contributed by atoms with van der Waals surface area (Å²) in [4.78, 5) is 25.0. The molecule has 2 heterocycles. The Morgan fingerprint density at radius 3 is 3.10 bits per heavy atom. The zero-order chi connectivity index (χ0) is 15.2. The van der Waals surface area contributed by atoms with Gasteiger partial charge < -0.3 is 14.7 Å². The average molecular weight is 297 g/mol. The molecule has 1 fully saturated rings. The van der Waals surface area contributed by atoms with Gasteiger partial charge in [-0.15, -0.1) is 5.10 Å². The Kier molecular flexibility index (Phi) is 5.09. The second-order valence-corrected chi connectivity index (χ2v) is 4.71. The smallest absolute Gasteiger partial charge is 0.412 e. The number of nitrogens with one attached hydrogen (secondary N) is 1. The first-order chi connectivity index (χ1) is 10.1. The second-order valence-electron chi connectivity index (χ2n) is 4.71. The van der Waals surface area contributed by atoms with Crippen LogP contribution < -0.4 is 5.32 Å². The van der Waals surface area contributed by atoms with Gasteiger partial charge in [0.15, 0.2) is 5.82 Å². The number of aliphatic hydroxyl groups is 1. The van der Waals surface area contributed by atoms with E-state index < -0.39 is 6.09 Å². The van der Waals surface area contributed by atoms with Crippen LogP contribution in [0.15, 0.2) is 6.20 Å². The van der Waals surface area contributed by atoms with Crippen LogP contribution in [0.4, 0.5) is 10.6 Å². The predicted molar refractivity (Wildman–Crippen MR) is 72.5 cm³/mol. The SMILES string of the molecule is CCOC(=O)Nc1cn(CC(=O)N2CCCC2CO)nn1. The number of carbonyl (C=O) groups is 2. The molecule has 1 atom stereocenters. The Morgan fingerprint density at radius 2 is 2.38 bits per heavy atom. The number of nitrogens with zero attached hydrogens (tertiary/aromatic N) is 4. The largest absolute Gasteiger partial charge is 0.450 e. The van der Waals surface area contributed by atoms with Crippen LogP contribution in [0.2, 0.25) is 0 Å². The number of carbonyl (C=O) groups excluding carboxylic acids is 2. The summed E-state index contributed by atoms with van der Waals surface area (Å²) in [6.45, 7) is 2.60. The molecule has 21 heavy (non-hydrogen) atoms. The molecule has 1 unspecified atom stereocenters. The number of rotatable bonds is 5. The van der Waals surface area contributed by atoms with E-state index in [4.69, 9.17) is 4.74 Å². The molecule has 116 valence electrons. The third-order valence-corrected chi connectivity index (χ3v) is 3.25. The first-order valence-electron chi connectivity index (χ1n) is 6.88. The van der Waals surface area contributed by atoms with Crippen molar-refractivity contribution < 1.29 is 19.4 Å². The van der Waals surface area contributed by atoms with E-state index in [2.05, 4.69) is 15.6 Å². The maximum Gasteiger partial charge on any atom is 0.412 e. The molecule has 0 aliphatic carbocycles. The molecule has 0 bridgehead atoms. The molecule has 9 heteroatoms. The maximum absolute atomic E-state index is 12.1. The molecule has 1 saturated heterocycles. The summed E-state index contributed by atoms with van der Waals surface area (Å²) >= 11 is 0. The lowest BCUT2D eigenvalue weighted by Gasteiger charge is -2.22. The molecule has 2 amide bonds. The van der Waals surface area contributed by atoms with E-state index in [1.165, 1.54) is 10.9 Å². The number of anilines is 1. The molecule has 0 spiro atoms. The van der Waals surface area contributed by atoms with Gasteiger partial charge in [-0.1, -0.05) is 5.21 Å². The summed E-state index contributed by atoms with van der Waals surface area (Å²) < 4.78 is 6.06. The highest BCUT2D eigenvalue weighted by molar-refractivity contribution is 5.83. The monoisotopic (exact) mass is 297 g/mol. The number of ether oxygens (including phenoxy) is 1. The van der Waals surface area contributed by atoms with Crippen molar-refractivity contribution in [2.24, 2.45) is 0 Å². The van der Waals surface area contributed by atoms with E-state index >= 15 is 0 Å². The van der Waals surface area contributed by atoms with Gasteiger partial charge in [0.05, 0.1) is 25.5 Å². The molecule has 0 aromatic carbocycles. The minimum atomic E-state index is -0.615. The van der Waals surface area contributed by atoms with Crippen LogP contribution in [0.5, 0.6) is 0 Å². The van der Waals surface area contributed by atoms with E-state index in [-0.39, 0.29) is 37.5 Å². The summed E-state index contributed by atoms with van der Waals surface area (Å²) in [5.41, 5.74) is 0. The van der Waals surface area contributed by atoms with Crippen LogP contribution in [-0.4, -0.2) is 62.8 Å². The fourth-order valence-electron chi connectivity index (χ4n) is 2.29. The first kappa shape index (κ1) is 15.2. The predicted octanol–water partition coefficient (Wildman–Crippen LogP) is -0.170. The van der Waals surface area contributed by atoms with Crippen molar-refractivity contribution in [2.45, 2.75) is 32.4 Å². The topological polar surface area (TPSA) is 110 Å². The third kappa shape index (κ3) is 3.91. The molecular weight excluding hydrogens is 278 g/mol. The van der Waals surface area contributed by atoms with Gasteiger partial charge in [-0.2, -0.15) is 0 Å². The van der Waals surface area contributed by atoms with Crippen molar-refractivity contribution in [1.29, 1.82) is 0 Å². The Hall–Kier alpha value is -2.16. The van der Waals surface area contributed by atoms with Crippen LogP contribution in [0.3, 0.4) is 0 Å². The quantitative estimate of drug-likeness (QED) is 0.781. The van der Waals surface area contributed by atoms with Gasteiger partial charge in [0, 0.05) is 6.54 Å². The van der Waals surface area contributed by atoms with Crippen LogP contribution in [0, 0.1) is 0 Å². The van der Waals surface area contributed by atoms with Crippen LogP contribution >= 0.6 is 0 Å². The van der Waals surface area contributed by atoms with Crippen molar-refractivity contribution in [1.82, 2.24) is 19.9 Å². The summed E-state index contributed by atoms with van der Waals surface area (Å²) in [5.74, 6) is 0.0977. The van der Waals surface area contributed by atoms with Gasteiger partial charge in [-0.25, -0.2) is 9.48 Å². The Morgan fingerprint density at radius 1 is 1.57 bits per heavy atom. The number of aromatic nitrogens is 3. The molecule has 1 aliphatic heterocycles. The lowest BCUT2D eigenvalue weighted by molar-refractivity contribution is -0.133. The van der Waals surface area contributed by atoms with E-state index in [9.17, 15) is 14.7 Å². The van der Waals surface area contributed by atoms with Crippen molar-refractivity contribution in [3.63, 3.8) is 0 Å². The molecule has 2 N–H and O–H groups in total. The maximum atomic E-state index is 12.1. The van der Waals surface area contributed by atoms with Gasteiger partial charge in [0.25, 0.3) is 0 Å². The zero-order valence-electron chi connectivity index (χ0n) is 11.9. The van der Waals surface area contributed by atoms with Crippen LogP contribution in [-0.2, 0) is 16.1 Å². The fraction of sp³-hybridized carbons (Fsp3) is 0.667. The molecule has 9 nitrogen and oxygen atoms in total. The molecule has 1 aliphatic rings. The lowest BCUT2D eigenvalue weighted by Crippen LogP contribution is -2.39. The lowest BCUT2D eigenvalue weighted by atomic mass is 10.2. The van der Waals surface area contributed by atoms with Gasteiger partial charge in [0.1, 0.15) is 6.54 Å². The fourth-order valence-corrected chi connectivity index (χ4v) is 2.29. The second kappa shape index (κ2) is 7.02. The molecule has 2 rings (SSSR count). The summed E-state index contributed by atoms with van der Waals surface area (Å²) in [5, 5.41) is 19.1. The first-order valence-corrected chi connectivity index (χ1v) is 6.88. The van der Waals surface area contributed by atoms with Gasteiger partial charge in [0.2, 0.25) is 5.91 Å². The Balaban J connectivity index is 1.90. The summed E-state index contributed by atoms with van der Waals surface area (Å²) in [6.07, 6.45) is 2.55. The van der Waals surface area contributed by atoms with E-state index in [0.29, 0.717) is 6.54 Å². The number of likely N-dealkylation sites (tertiary alicyclic amines) is 1. The number of aliphatic hydroxyl groups excluding tert-OH is 1. The molecular formula is C12H19N5O4. The minimum absolute atomic E-state index is 0.0218. The Labute approximate surface area is 121 Å². The Bertz CT molecular complexity index is 504. The highest BCUT2D eigenvalue weighted by Gasteiger charge is 2.28. The molecule has 1 aromatic rings. The van der Waals surface area contributed by atoms with Crippen molar-refractivity contribution in [2.75, 3.05) is 25.1 Å². The van der Waals surface area contributed by atoms with E-state index in [0.717, 1.165) is 12.8 Å².